The lowest BCUT2D eigenvalue weighted by Gasteiger charge is -2.00. The van der Waals surface area contributed by atoms with Crippen molar-refractivity contribution in [1.82, 2.24) is 0 Å². The van der Waals surface area contributed by atoms with Gasteiger partial charge in [0.15, 0.2) is 0 Å². The number of hydrogen-bond acceptors (Lipinski definition) is 0. The third kappa shape index (κ3) is 2.40. The largest absolute Gasteiger partial charge is 0.123 e. The van der Waals surface area contributed by atoms with Crippen LogP contribution in [0, 0.1) is 0 Å². The molecular weight excluding hydrogens is 144 g/mol. The third-order valence-electron chi connectivity index (χ3n) is 1.36. The van der Waals surface area contributed by atoms with Crippen LogP contribution in [0.5, 0.6) is 0 Å². The van der Waals surface area contributed by atoms with Crippen LogP contribution in [0.2, 0.25) is 0 Å². The Hall–Kier alpha value is -0.490. The van der Waals surface area contributed by atoms with E-state index in [1.54, 1.807) is 0 Å². The number of alkyl halides is 1. The Morgan fingerprint density at radius 3 is 2.40 bits per heavy atom. The topological polar surface area (TPSA) is 0 Å². The van der Waals surface area contributed by atoms with Gasteiger partial charge in [0.25, 0.3) is 0 Å². The fourth-order valence-corrected chi connectivity index (χ4v) is 1.12. The molecule has 1 heteroatoms. The Bertz CT molecular complexity index is 179. The van der Waals surface area contributed by atoms with Gasteiger partial charge in [-0.15, -0.1) is 11.6 Å². The summed E-state index contributed by atoms with van der Waals surface area (Å²) in [6, 6.07) is 10.3. The molecule has 1 aromatic carbocycles. The molecule has 0 saturated carbocycles. The van der Waals surface area contributed by atoms with Gasteiger partial charge in [0.05, 0.1) is 0 Å². The van der Waals surface area contributed by atoms with Crippen molar-refractivity contribution in [2.75, 3.05) is 0 Å². The van der Waals surface area contributed by atoms with E-state index in [2.05, 4.69) is 12.1 Å². The normalized spacial score (nSPS) is 13.0. The van der Waals surface area contributed by atoms with Gasteiger partial charge >= 0.3 is 0 Å². The number of halogens is 1. The average molecular weight is 155 g/mol. The van der Waals surface area contributed by atoms with Crippen LogP contribution in [0.15, 0.2) is 30.3 Å². The molecular formula is C9H11Cl. The maximum Gasteiger partial charge on any atom is 0.0348 e. The van der Waals surface area contributed by atoms with Gasteiger partial charge in [-0.1, -0.05) is 30.3 Å². The Labute approximate surface area is 66.8 Å². The molecule has 0 saturated heterocycles. The Morgan fingerprint density at radius 1 is 1.30 bits per heavy atom. The molecule has 1 rings (SSSR count). The zero-order valence-corrected chi connectivity index (χ0v) is 6.81. The molecule has 0 aliphatic carbocycles. The van der Waals surface area contributed by atoms with Gasteiger partial charge in [0.1, 0.15) is 0 Å². The van der Waals surface area contributed by atoms with E-state index < -0.39 is 0 Å². The number of hydrogen-bond donors (Lipinski definition) is 0. The van der Waals surface area contributed by atoms with Crippen LogP contribution in [0.1, 0.15) is 12.5 Å². The summed E-state index contributed by atoms with van der Waals surface area (Å²) in [6.07, 6.45) is 0.961. The van der Waals surface area contributed by atoms with Crippen LogP contribution in [0.4, 0.5) is 0 Å². The van der Waals surface area contributed by atoms with Crippen molar-refractivity contribution < 1.29 is 0 Å². The van der Waals surface area contributed by atoms with Gasteiger partial charge in [-0.25, -0.2) is 0 Å². The molecule has 0 radical (unpaired) electrons. The number of rotatable bonds is 2. The molecule has 0 N–H and O–H groups in total. The van der Waals surface area contributed by atoms with E-state index in [4.69, 9.17) is 11.6 Å². The molecule has 1 atom stereocenters. The van der Waals surface area contributed by atoms with Crippen LogP contribution in [-0.2, 0) is 6.42 Å². The fraction of sp³-hybridized carbons (Fsp3) is 0.333. The summed E-state index contributed by atoms with van der Waals surface area (Å²) in [5.41, 5.74) is 1.31. The smallest absolute Gasteiger partial charge is 0.0348 e. The Balaban J connectivity index is 2.59. The highest BCUT2D eigenvalue weighted by molar-refractivity contribution is 6.20. The summed E-state index contributed by atoms with van der Waals surface area (Å²) in [7, 11) is 0. The molecule has 0 heterocycles. The highest BCUT2D eigenvalue weighted by atomic mass is 35.5. The van der Waals surface area contributed by atoms with E-state index >= 15 is 0 Å². The van der Waals surface area contributed by atoms with Crippen molar-refractivity contribution in [2.24, 2.45) is 0 Å². The lowest BCUT2D eigenvalue weighted by molar-refractivity contribution is 0.931. The molecule has 0 amide bonds. The third-order valence-corrected chi connectivity index (χ3v) is 1.51. The minimum Gasteiger partial charge on any atom is -0.123 e. The SMILES string of the molecule is C[C@@H](Cl)Cc1ccccc1. The summed E-state index contributed by atoms with van der Waals surface area (Å²) in [4.78, 5) is 0. The second kappa shape index (κ2) is 3.62. The maximum atomic E-state index is 5.81. The van der Waals surface area contributed by atoms with E-state index in [-0.39, 0.29) is 5.38 Å². The molecule has 0 aliphatic rings. The predicted molar refractivity (Wildman–Crippen MR) is 45.5 cm³/mol. The summed E-state index contributed by atoms with van der Waals surface area (Å²) in [6.45, 7) is 2.01. The standard InChI is InChI=1S/C9H11Cl/c1-8(10)7-9-5-3-2-4-6-9/h2-6,8H,7H2,1H3/t8-/m1/s1. The van der Waals surface area contributed by atoms with Crippen molar-refractivity contribution in [1.29, 1.82) is 0 Å². The highest BCUT2D eigenvalue weighted by Crippen LogP contribution is 2.06. The lowest BCUT2D eigenvalue weighted by Crippen LogP contribution is -1.95. The van der Waals surface area contributed by atoms with E-state index in [0.29, 0.717) is 0 Å². The first kappa shape index (κ1) is 7.62. The molecule has 0 nitrogen and oxygen atoms in total. The minimum atomic E-state index is 0.238. The average Bonchev–Trinajstić information content (AvgIpc) is 1.88. The fourth-order valence-electron chi connectivity index (χ4n) is 0.939. The molecule has 0 aromatic heterocycles. The second-order valence-electron chi connectivity index (χ2n) is 2.47. The van der Waals surface area contributed by atoms with Gasteiger partial charge in [-0.05, 0) is 18.9 Å². The summed E-state index contributed by atoms with van der Waals surface area (Å²) in [5.74, 6) is 0. The molecule has 54 valence electrons. The van der Waals surface area contributed by atoms with Crippen molar-refractivity contribution in [3.63, 3.8) is 0 Å². The second-order valence-corrected chi connectivity index (χ2v) is 3.22. The first-order valence-corrected chi connectivity index (χ1v) is 3.90. The Morgan fingerprint density at radius 2 is 1.90 bits per heavy atom. The monoisotopic (exact) mass is 154 g/mol. The first-order valence-electron chi connectivity index (χ1n) is 3.47. The van der Waals surface area contributed by atoms with Crippen molar-refractivity contribution in [3.05, 3.63) is 35.9 Å². The Kier molecular flexibility index (Phi) is 2.76. The predicted octanol–water partition coefficient (Wildman–Crippen LogP) is 2.86. The zero-order chi connectivity index (χ0) is 7.40. The van der Waals surface area contributed by atoms with Crippen LogP contribution >= 0.6 is 11.6 Å². The van der Waals surface area contributed by atoms with Crippen molar-refractivity contribution >= 4 is 11.6 Å². The number of benzene rings is 1. The van der Waals surface area contributed by atoms with Crippen molar-refractivity contribution in [2.45, 2.75) is 18.7 Å². The van der Waals surface area contributed by atoms with E-state index in [9.17, 15) is 0 Å². The van der Waals surface area contributed by atoms with E-state index in [0.717, 1.165) is 6.42 Å². The lowest BCUT2D eigenvalue weighted by atomic mass is 10.1. The molecule has 0 unspecified atom stereocenters. The van der Waals surface area contributed by atoms with Gasteiger partial charge in [0.2, 0.25) is 0 Å². The van der Waals surface area contributed by atoms with Crippen LogP contribution < -0.4 is 0 Å². The summed E-state index contributed by atoms with van der Waals surface area (Å²) >= 11 is 5.81. The quantitative estimate of drug-likeness (QED) is 0.575. The minimum absolute atomic E-state index is 0.238. The summed E-state index contributed by atoms with van der Waals surface area (Å²) < 4.78 is 0. The molecule has 1 aromatic rings. The molecule has 10 heavy (non-hydrogen) atoms. The molecule has 0 spiro atoms. The molecule has 0 aliphatic heterocycles. The molecule has 0 bridgehead atoms. The van der Waals surface area contributed by atoms with Gasteiger partial charge in [0, 0.05) is 5.38 Å². The zero-order valence-electron chi connectivity index (χ0n) is 6.05. The van der Waals surface area contributed by atoms with E-state index in [1.165, 1.54) is 5.56 Å². The van der Waals surface area contributed by atoms with E-state index in [1.807, 2.05) is 25.1 Å². The van der Waals surface area contributed by atoms with Gasteiger partial charge < -0.3 is 0 Å². The highest BCUT2D eigenvalue weighted by Gasteiger charge is 1.96. The summed E-state index contributed by atoms with van der Waals surface area (Å²) in [5, 5.41) is 0.238. The van der Waals surface area contributed by atoms with Gasteiger partial charge in [-0.3, -0.25) is 0 Å². The van der Waals surface area contributed by atoms with Crippen LogP contribution in [-0.4, -0.2) is 5.38 Å². The van der Waals surface area contributed by atoms with Crippen molar-refractivity contribution in [3.8, 4) is 0 Å². The molecule has 0 fully saturated rings. The van der Waals surface area contributed by atoms with Crippen LogP contribution in [0.25, 0.3) is 0 Å². The maximum absolute atomic E-state index is 5.81. The van der Waals surface area contributed by atoms with Gasteiger partial charge in [-0.2, -0.15) is 0 Å². The first-order chi connectivity index (χ1) is 4.79. The van der Waals surface area contributed by atoms with Crippen LogP contribution in [0.3, 0.4) is 0 Å².